The Morgan fingerprint density at radius 3 is 2.50 bits per heavy atom. The molecule has 0 spiro atoms. The second kappa shape index (κ2) is 6.50. The minimum Gasteiger partial charge on any atom is -0.472 e. The predicted molar refractivity (Wildman–Crippen MR) is 77.1 cm³/mol. The van der Waals surface area contributed by atoms with Crippen molar-refractivity contribution in [3.8, 4) is 0 Å². The van der Waals surface area contributed by atoms with Crippen LogP contribution < -0.4 is 0 Å². The van der Waals surface area contributed by atoms with Gasteiger partial charge in [-0.1, -0.05) is 0 Å². The second-order valence-corrected chi connectivity index (χ2v) is 6.90. The van der Waals surface area contributed by atoms with Gasteiger partial charge in [-0.15, -0.1) is 0 Å². The fourth-order valence-electron chi connectivity index (χ4n) is 3.80. The van der Waals surface area contributed by atoms with Gasteiger partial charge in [0.05, 0.1) is 30.5 Å². The van der Waals surface area contributed by atoms with Crippen molar-refractivity contribution in [1.29, 1.82) is 0 Å². The quantitative estimate of drug-likeness (QED) is 0.323. The van der Waals surface area contributed by atoms with Crippen LogP contribution in [0.2, 0.25) is 0 Å². The summed E-state index contributed by atoms with van der Waals surface area (Å²) >= 11 is 0. The van der Waals surface area contributed by atoms with E-state index in [4.69, 9.17) is 14.2 Å². The number of rotatable bonds is 3. The summed E-state index contributed by atoms with van der Waals surface area (Å²) in [6.07, 6.45) is -5.74. The number of ether oxygens (including phenoxy) is 3. The molecular formula is C15H24O9. The largest absolute Gasteiger partial charge is 0.472 e. The van der Waals surface area contributed by atoms with Gasteiger partial charge in [0.15, 0.2) is 6.29 Å². The fourth-order valence-corrected chi connectivity index (χ4v) is 3.80. The van der Waals surface area contributed by atoms with Crippen LogP contribution >= 0.6 is 0 Å². The van der Waals surface area contributed by atoms with Gasteiger partial charge in [0, 0.05) is 12.3 Å². The molecule has 2 heterocycles. The normalized spacial score (nSPS) is 54.4. The van der Waals surface area contributed by atoms with Gasteiger partial charge in [-0.3, -0.25) is 0 Å². The molecule has 0 bridgehead atoms. The summed E-state index contributed by atoms with van der Waals surface area (Å²) in [5, 5.41) is 59.5. The Bertz CT molecular complexity index is 480. The highest BCUT2D eigenvalue weighted by atomic mass is 16.8. The monoisotopic (exact) mass is 348 g/mol. The Hall–Kier alpha value is -0.780. The lowest BCUT2D eigenvalue weighted by Gasteiger charge is -2.43. The highest BCUT2D eigenvalue weighted by Gasteiger charge is 2.56. The first kappa shape index (κ1) is 18.0. The summed E-state index contributed by atoms with van der Waals surface area (Å²) in [4.78, 5) is 0. The third kappa shape index (κ3) is 2.95. The van der Waals surface area contributed by atoms with E-state index in [1.165, 1.54) is 6.26 Å². The first-order valence-electron chi connectivity index (χ1n) is 7.95. The molecule has 10 unspecified atom stereocenters. The molecule has 2 fully saturated rings. The Morgan fingerprint density at radius 2 is 1.83 bits per heavy atom. The van der Waals surface area contributed by atoms with Crippen LogP contribution in [0.25, 0.3) is 0 Å². The zero-order valence-corrected chi connectivity index (χ0v) is 13.2. The molecule has 0 aromatic heterocycles. The first-order chi connectivity index (χ1) is 11.3. The summed E-state index contributed by atoms with van der Waals surface area (Å²) in [5.74, 6) is -0.992. The number of fused-ring (bicyclic) bond motifs is 1. The summed E-state index contributed by atoms with van der Waals surface area (Å²) in [6.45, 7) is 0.992. The Balaban J connectivity index is 1.76. The Morgan fingerprint density at radius 1 is 1.12 bits per heavy atom. The minimum atomic E-state index is -1.56. The maximum Gasteiger partial charge on any atom is 0.207 e. The van der Waals surface area contributed by atoms with Crippen molar-refractivity contribution in [1.82, 2.24) is 0 Å². The van der Waals surface area contributed by atoms with E-state index < -0.39 is 61.2 Å². The highest BCUT2D eigenvalue weighted by Crippen LogP contribution is 2.46. The van der Waals surface area contributed by atoms with Crippen molar-refractivity contribution in [2.45, 2.75) is 62.0 Å². The molecule has 2 aliphatic heterocycles. The SMILES string of the molecule is CC1(O)CC(O)C2C=COC(OC3OC(CO)C(O)C(O)C3O)C21. The minimum absolute atomic E-state index is 0.143. The molecule has 3 aliphatic rings. The zero-order chi connectivity index (χ0) is 17.6. The molecular weight excluding hydrogens is 324 g/mol. The van der Waals surface area contributed by atoms with Gasteiger partial charge < -0.3 is 44.8 Å². The summed E-state index contributed by atoms with van der Waals surface area (Å²) in [7, 11) is 0. The van der Waals surface area contributed by atoms with Crippen molar-refractivity contribution in [2.24, 2.45) is 11.8 Å². The van der Waals surface area contributed by atoms with Crippen molar-refractivity contribution in [2.75, 3.05) is 6.61 Å². The van der Waals surface area contributed by atoms with Crippen molar-refractivity contribution >= 4 is 0 Å². The van der Waals surface area contributed by atoms with Gasteiger partial charge in [0.1, 0.15) is 24.4 Å². The standard InChI is InChI=1S/C15H24O9/c1-15(21)4-7(17)6-2-3-22-13(9(6)15)24-14-12(20)11(19)10(18)8(5-16)23-14/h2-3,6-14,16-21H,4-5H2,1H3. The third-order valence-electron chi connectivity index (χ3n) is 5.12. The van der Waals surface area contributed by atoms with Crippen LogP contribution in [0.5, 0.6) is 0 Å². The van der Waals surface area contributed by atoms with Crippen LogP contribution in [-0.2, 0) is 14.2 Å². The summed E-state index contributed by atoms with van der Waals surface area (Å²) in [5.41, 5.74) is -1.26. The molecule has 3 rings (SSSR count). The van der Waals surface area contributed by atoms with Crippen molar-refractivity contribution in [3.63, 3.8) is 0 Å². The van der Waals surface area contributed by atoms with Gasteiger partial charge in [-0.2, -0.15) is 0 Å². The second-order valence-electron chi connectivity index (χ2n) is 6.90. The number of hydrogen-bond acceptors (Lipinski definition) is 9. The van der Waals surface area contributed by atoms with Gasteiger partial charge in [-0.05, 0) is 13.0 Å². The van der Waals surface area contributed by atoms with Gasteiger partial charge in [0.25, 0.3) is 0 Å². The molecule has 9 nitrogen and oxygen atoms in total. The van der Waals surface area contributed by atoms with Gasteiger partial charge in [0.2, 0.25) is 6.29 Å². The molecule has 0 amide bonds. The van der Waals surface area contributed by atoms with E-state index in [2.05, 4.69) is 0 Å². The van der Waals surface area contributed by atoms with Gasteiger partial charge >= 0.3 is 0 Å². The molecule has 24 heavy (non-hydrogen) atoms. The Labute approximate surface area is 138 Å². The number of hydrogen-bond donors (Lipinski definition) is 6. The average molecular weight is 348 g/mol. The van der Waals surface area contributed by atoms with E-state index in [9.17, 15) is 30.6 Å². The Kier molecular flexibility index (Phi) is 4.89. The van der Waals surface area contributed by atoms with Crippen LogP contribution in [0.4, 0.5) is 0 Å². The first-order valence-corrected chi connectivity index (χ1v) is 7.95. The van der Waals surface area contributed by atoms with E-state index in [0.717, 1.165) is 0 Å². The average Bonchev–Trinajstić information content (AvgIpc) is 2.78. The predicted octanol–water partition coefficient (Wildman–Crippen LogP) is -2.58. The van der Waals surface area contributed by atoms with Crippen molar-refractivity contribution < 1.29 is 44.8 Å². The molecule has 138 valence electrons. The highest BCUT2D eigenvalue weighted by molar-refractivity contribution is 5.10. The smallest absolute Gasteiger partial charge is 0.207 e. The molecule has 10 atom stereocenters. The molecule has 9 heteroatoms. The summed E-state index contributed by atoms with van der Waals surface area (Å²) in [6, 6.07) is 0. The maximum absolute atomic E-state index is 10.5. The molecule has 6 N–H and O–H groups in total. The zero-order valence-electron chi connectivity index (χ0n) is 13.2. The van der Waals surface area contributed by atoms with E-state index in [1.807, 2.05) is 0 Å². The van der Waals surface area contributed by atoms with Gasteiger partial charge in [-0.25, -0.2) is 0 Å². The molecule has 1 saturated carbocycles. The van der Waals surface area contributed by atoms with E-state index in [0.29, 0.717) is 0 Å². The lowest BCUT2D eigenvalue weighted by atomic mass is 9.85. The van der Waals surface area contributed by atoms with Crippen molar-refractivity contribution in [3.05, 3.63) is 12.3 Å². The van der Waals surface area contributed by atoms with E-state index in [-0.39, 0.29) is 12.3 Å². The lowest BCUT2D eigenvalue weighted by molar-refractivity contribution is -0.346. The maximum atomic E-state index is 10.5. The molecule has 0 radical (unpaired) electrons. The van der Waals surface area contributed by atoms with Crippen LogP contribution in [-0.4, -0.2) is 85.9 Å². The van der Waals surface area contributed by atoms with Crippen LogP contribution in [0.3, 0.4) is 0 Å². The lowest BCUT2D eigenvalue weighted by Crippen LogP contribution is -2.60. The number of aliphatic hydroxyl groups is 6. The van der Waals surface area contributed by atoms with E-state index >= 15 is 0 Å². The molecule has 0 aromatic carbocycles. The molecule has 0 aromatic rings. The molecule has 1 aliphatic carbocycles. The molecule has 1 saturated heterocycles. The third-order valence-corrected chi connectivity index (χ3v) is 5.12. The number of aliphatic hydroxyl groups excluding tert-OH is 5. The van der Waals surface area contributed by atoms with Crippen LogP contribution in [0, 0.1) is 11.8 Å². The summed E-state index contributed by atoms with van der Waals surface area (Å²) < 4.78 is 16.3. The topological polar surface area (TPSA) is 149 Å². The van der Waals surface area contributed by atoms with E-state index in [1.54, 1.807) is 13.0 Å². The van der Waals surface area contributed by atoms with Crippen LogP contribution in [0.1, 0.15) is 13.3 Å². The fraction of sp³-hybridized carbons (Fsp3) is 0.867. The van der Waals surface area contributed by atoms with Crippen LogP contribution in [0.15, 0.2) is 12.3 Å².